The molecule has 20 heavy (non-hydrogen) atoms. The van der Waals surface area contributed by atoms with E-state index in [2.05, 4.69) is 26.3 Å². The fourth-order valence-corrected chi connectivity index (χ4v) is 2.69. The summed E-state index contributed by atoms with van der Waals surface area (Å²) in [6.45, 7) is 0. The highest BCUT2D eigenvalue weighted by molar-refractivity contribution is 9.10. The van der Waals surface area contributed by atoms with E-state index in [1.165, 1.54) is 6.20 Å². The molecule has 0 radical (unpaired) electrons. The van der Waals surface area contributed by atoms with Gasteiger partial charge in [0.25, 0.3) is 0 Å². The molecule has 0 fully saturated rings. The van der Waals surface area contributed by atoms with Crippen LogP contribution in [0.3, 0.4) is 0 Å². The van der Waals surface area contributed by atoms with Gasteiger partial charge in [-0.3, -0.25) is 0 Å². The fraction of sp³-hybridized carbons (Fsp3) is 0.308. The average Bonchev–Trinajstić information content (AvgIpc) is 2.85. The molecule has 0 bridgehead atoms. The van der Waals surface area contributed by atoms with E-state index in [0.717, 1.165) is 14.7 Å². The summed E-state index contributed by atoms with van der Waals surface area (Å²) in [5.74, 6) is 0.395. The Kier molecular flexibility index (Phi) is 3.24. The SMILES string of the molecule is FC(F)(F)[C@@H]1C[C@@H](c2ccc(Br)cc2)Nc2ccnn21. The molecule has 0 spiro atoms. The molecule has 0 saturated carbocycles. The number of benzene rings is 1. The minimum atomic E-state index is -4.31. The van der Waals surface area contributed by atoms with Crippen molar-refractivity contribution >= 4 is 21.7 Å². The number of nitrogens with one attached hydrogen (secondary N) is 1. The van der Waals surface area contributed by atoms with Crippen LogP contribution in [0, 0.1) is 0 Å². The van der Waals surface area contributed by atoms with E-state index < -0.39 is 12.2 Å². The van der Waals surface area contributed by atoms with Crippen LogP contribution in [-0.4, -0.2) is 16.0 Å². The molecule has 1 aromatic heterocycles. The summed E-state index contributed by atoms with van der Waals surface area (Å²) in [6, 6.07) is 6.88. The predicted octanol–water partition coefficient (Wildman–Crippen LogP) is 4.31. The Morgan fingerprint density at radius 3 is 2.55 bits per heavy atom. The Bertz CT molecular complexity index is 606. The van der Waals surface area contributed by atoms with E-state index >= 15 is 0 Å². The number of halogens is 4. The predicted molar refractivity (Wildman–Crippen MR) is 72.4 cm³/mol. The minimum Gasteiger partial charge on any atom is -0.363 e. The highest BCUT2D eigenvalue weighted by atomic mass is 79.9. The van der Waals surface area contributed by atoms with Crippen molar-refractivity contribution in [2.75, 3.05) is 5.32 Å². The number of anilines is 1. The van der Waals surface area contributed by atoms with Gasteiger partial charge in [-0.2, -0.15) is 18.3 Å². The number of alkyl halides is 3. The zero-order valence-corrected chi connectivity index (χ0v) is 11.8. The van der Waals surface area contributed by atoms with Gasteiger partial charge in [-0.05, 0) is 17.7 Å². The lowest BCUT2D eigenvalue weighted by atomic mass is 9.97. The molecule has 1 N–H and O–H groups in total. The third kappa shape index (κ3) is 2.42. The normalized spacial score (nSPS) is 22.2. The highest BCUT2D eigenvalue weighted by Gasteiger charge is 2.46. The molecule has 1 aromatic carbocycles. The molecule has 106 valence electrons. The van der Waals surface area contributed by atoms with Crippen LogP contribution in [0.2, 0.25) is 0 Å². The quantitative estimate of drug-likeness (QED) is 0.834. The maximum absolute atomic E-state index is 13.2. The summed E-state index contributed by atoms with van der Waals surface area (Å²) in [6.07, 6.45) is -3.00. The first-order valence-corrected chi connectivity index (χ1v) is 6.86. The van der Waals surface area contributed by atoms with Gasteiger partial charge >= 0.3 is 6.18 Å². The Morgan fingerprint density at radius 1 is 1.20 bits per heavy atom. The molecule has 7 heteroatoms. The van der Waals surface area contributed by atoms with Crippen LogP contribution in [0.5, 0.6) is 0 Å². The minimum absolute atomic E-state index is 0.0696. The van der Waals surface area contributed by atoms with Crippen molar-refractivity contribution in [1.82, 2.24) is 9.78 Å². The second-order valence-corrected chi connectivity index (χ2v) is 5.62. The number of fused-ring (bicyclic) bond motifs is 1. The molecule has 3 nitrogen and oxygen atoms in total. The van der Waals surface area contributed by atoms with Gasteiger partial charge in [0.05, 0.1) is 12.2 Å². The lowest BCUT2D eigenvalue weighted by Gasteiger charge is -2.33. The van der Waals surface area contributed by atoms with Crippen LogP contribution in [0.15, 0.2) is 41.0 Å². The molecule has 3 rings (SSSR count). The van der Waals surface area contributed by atoms with E-state index in [-0.39, 0.29) is 12.5 Å². The second-order valence-electron chi connectivity index (χ2n) is 4.70. The molecule has 2 atom stereocenters. The second kappa shape index (κ2) is 4.80. The average molecular weight is 346 g/mol. The molecule has 0 amide bonds. The summed E-state index contributed by atoms with van der Waals surface area (Å²) < 4.78 is 41.4. The molecule has 0 saturated heterocycles. The molecule has 0 unspecified atom stereocenters. The number of aromatic nitrogens is 2. The maximum Gasteiger partial charge on any atom is 0.410 e. The molecule has 1 aliphatic heterocycles. The smallest absolute Gasteiger partial charge is 0.363 e. The lowest BCUT2D eigenvalue weighted by molar-refractivity contribution is -0.173. The lowest BCUT2D eigenvalue weighted by Crippen LogP contribution is -2.35. The van der Waals surface area contributed by atoms with Gasteiger partial charge in [0.15, 0.2) is 6.04 Å². The first-order chi connectivity index (χ1) is 9.45. The Labute approximate surface area is 121 Å². The highest BCUT2D eigenvalue weighted by Crippen LogP contribution is 2.43. The van der Waals surface area contributed by atoms with E-state index in [0.29, 0.717) is 5.82 Å². The first kappa shape index (κ1) is 13.5. The van der Waals surface area contributed by atoms with Gasteiger partial charge in [-0.1, -0.05) is 28.1 Å². The Hall–Kier alpha value is -1.50. The van der Waals surface area contributed by atoms with Crippen LogP contribution in [0.4, 0.5) is 19.0 Å². The zero-order valence-electron chi connectivity index (χ0n) is 10.2. The summed E-state index contributed by atoms with van der Waals surface area (Å²) in [7, 11) is 0. The van der Waals surface area contributed by atoms with E-state index in [1.54, 1.807) is 6.07 Å². The van der Waals surface area contributed by atoms with Gasteiger partial charge in [0.2, 0.25) is 0 Å². The van der Waals surface area contributed by atoms with E-state index in [1.807, 2.05) is 24.3 Å². The third-order valence-corrected chi connectivity index (χ3v) is 3.93. The van der Waals surface area contributed by atoms with Gasteiger partial charge in [-0.25, -0.2) is 4.68 Å². The van der Waals surface area contributed by atoms with Crippen molar-refractivity contribution in [3.63, 3.8) is 0 Å². The Morgan fingerprint density at radius 2 is 1.90 bits per heavy atom. The third-order valence-electron chi connectivity index (χ3n) is 3.40. The number of hydrogen-bond donors (Lipinski definition) is 1. The summed E-state index contributed by atoms with van der Waals surface area (Å²) >= 11 is 3.32. The van der Waals surface area contributed by atoms with Gasteiger partial charge in [-0.15, -0.1) is 0 Å². The standard InChI is InChI=1S/C13H11BrF3N3/c14-9-3-1-8(2-4-9)10-7-11(13(15,16)17)20-12(19-10)5-6-18-20/h1-6,10-11,19H,7H2/t10-,11-/m0/s1. The summed E-state index contributed by atoms with van der Waals surface area (Å²) in [4.78, 5) is 0. The molecular formula is C13H11BrF3N3. The van der Waals surface area contributed by atoms with Crippen molar-refractivity contribution in [3.8, 4) is 0 Å². The topological polar surface area (TPSA) is 29.9 Å². The maximum atomic E-state index is 13.2. The molecule has 2 aromatic rings. The summed E-state index contributed by atoms with van der Waals surface area (Å²) in [5.41, 5.74) is 0.829. The van der Waals surface area contributed by atoms with Gasteiger partial charge in [0, 0.05) is 17.0 Å². The van der Waals surface area contributed by atoms with Crippen molar-refractivity contribution in [2.24, 2.45) is 0 Å². The Balaban J connectivity index is 1.95. The van der Waals surface area contributed by atoms with Crippen LogP contribution in [0.25, 0.3) is 0 Å². The number of nitrogens with zero attached hydrogens (tertiary/aromatic N) is 2. The van der Waals surface area contributed by atoms with Crippen LogP contribution >= 0.6 is 15.9 Å². The first-order valence-electron chi connectivity index (χ1n) is 6.07. The van der Waals surface area contributed by atoms with E-state index in [4.69, 9.17) is 0 Å². The monoisotopic (exact) mass is 345 g/mol. The van der Waals surface area contributed by atoms with Crippen LogP contribution in [-0.2, 0) is 0 Å². The zero-order chi connectivity index (χ0) is 14.3. The van der Waals surface area contributed by atoms with Gasteiger partial charge < -0.3 is 5.32 Å². The molecule has 0 aliphatic carbocycles. The fourth-order valence-electron chi connectivity index (χ4n) is 2.42. The number of rotatable bonds is 1. The summed E-state index contributed by atoms with van der Waals surface area (Å²) in [5, 5.41) is 6.87. The molecular weight excluding hydrogens is 335 g/mol. The molecule has 1 aliphatic rings. The van der Waals surface area contributed by atoms with Crippen molar-refractivity contribution in [1.29, 1.82) is 0 Å². The molecule has 2 heterocycles. The number of hydrogen-bond acceptors (Lipinski definition) is 2. The van der Waals surface area contributed by atoms with Crippen molar-refractivity contribution < 1.29 is 13.2 Å². The van der Waals surface area contributed by atoms with Gasteiger partial charge in [0.1, 0.15) is 5.82 Å². The van der Waals surface area contributed by atoms with Crippen molar-refractivity contribution in [3.05, 3.63) is 46.6 Å². The van der Waals surface area contributed by atoms with Crippen LogP contribution in [0.1, 0.15) is 24.1 Å². The largest absolute Gasteiger partial charge is 0.410 e. The van der Waals surface area contributed by atoms with Crippen molar-refractivity contribution in [2.45, 2.75) is 24.7 Å². The van der Waals surface area contributed by atoms with E-state index in [9.17, 15) is 13.2 Å². The van der Waals surface area contributed by atoms with Crippen LogP contribution < -0.4 is 5.32 Å².